The fourth-order valence-corrected chi connectivity index (χ4v) is 2.93. The highest BCUT2D eigenvalue weighted by atomic mass is 32.2. The SMILES string of the molecule is CC.CN(C)C.COC(=O)c1cccn1S(=O)c1ccc(OC)c(C=O)c1. The van der Waals surface area contributed by atoms with Crippen LogP contribution in [0, 0.1) is 0 Å². The third-order valence-electron chi connectivity index (χ3n) is 2.82. The highest BCUT2D eigenvalue weighted by Crippen LogP contribution is 2.21. The minimum absolute atomic E-state index is 0.166. The smallest absolute Gasteiger partial charge is 0.355 e. The van der Waals surface area contributed by atoms with E-state index in [2.05, 4.69) is 4.74 Å². The van der Waals surface area contributed by atoms with E-state index in [0.29, 0.717) is 16.9 Å². The Kier molecular flexibility index (Phi) is 11.7. The number of carbonyl (C=O) groups excluding carboxylic acids is 2. The molecule has 1 heterocycles. The van der Waals surface area contributed by atoms with Crippen LogP contribution in [0.3, 0.4) is 0 Å². The molecule has 1 aromatic carbocycles. The minimum Gasteiger partial charge on any atom is -0.496 e. The van der Waals surface area contributed by atoms with E-state index in [9.17, 15) is 13.8 Å². The summed E-state index contributed by atoms with van der Waals surface area (Å²) in [7, 11) is 7.03. The number of rotatable bonds is 5. The maximum atomic E-state index is 12.5. The number of aromatic nitrogens is 1. The molecule has 7 nitrogen and oxygen atoms in total. The highest BCUT2D eigenvalue weighted by molar-refractivity contribution is 7.83. The second kappa shape index (κ2) is 12.8. The van der Waals surface area contributed by atoms with Gasteiger partial charge in [0.2, 0.25) is 0 Å². The molecule has 0 saturated heterocycles. The van der Waals surface area contributed by atoms with Gasteiger partial charge in [-0.1, -0.05) is 13.8 Å². The molecular formula is C19H28N2O5S. The molecule has 150 valence electrons. The number of carbonyl (C=O) groups is 2. The van der Waals surface area contributed by atoms with E-state index in [1.165, 1.54) is 36.5 Å². The van der Waals surface area contributed by atoms with Crippen molar-refractivity contribution in [3.63, 3.8) is 0 Å². The summed E-state index contributed by atoms with van der Waals surface area (Å²) in [6.07, 6.45) is 2.13. The Morgan fingerprint density at radius 1 is 1.15 bits per heavy atom. The maximum Gasteiger partial charge on any atom is 0.355 e. The zero-order valence-corrected chi connectivity index (χ0v) is 17.7. The number of hydrogen-bond acceptors (Lipinski definition) is 6. The molecule has 0 bridgehead atoms. The van der Waals surface area contributed by atoms with Crippen LogP contribution >= 0.6 is 0 Å². The number of esters is 1. The standard InChI is InChI=1S/C14H13NO5S.C3H9N.C2H6/c1-19-13-6-5-11(8-10(13)9-16)21(18)15-7-3-4-12(15)14(17)20-2;1-4(2)3;1-2/h3-9H,1-2H3;1-3H3;1-2H3. The summed E-state index contributed by atoms with van der Waals surface area (Å²) in [5.74, 6) is -0.191. The van der Waals surface area contributed by atoms with Crippen LogP contribution < -0.4 is 4.74 Å². The van der Waals surface area contributed by atoms with Crippen LogP contribution in [0.1, 0.15) is 34.7 Å². The van der Waals surface area contributed by atoms with Crippen LogP contribution in [0.2, 0.25) is 0 Å². The van der Waals surface area contributed by atoms with E-state index < -0.39 is 17.0 Å². The topological polar surface area (TPSA) is 77.8 Å². The van der Waals surface area contributed by atoms with Crippen LogP contribution in [0.5, 0.6) is 5.75 Å². The first-order valence-corrected chi connectivity index (χ1v) is 9.38. The molecule has 2 aromatic rings. The van der Waals surface area contributed by atoms with Gasteiger partial charge >= 0.3 is 5.97 Å². The van der Waals surface area contributed by atoms with E-state index in [0.717, 1.165) is 0 Å². The summed E-state index contributed by atoms with van der Waals surface area (Å²) >= 11 is 0. The Labute approximate surface area is 163 Å². The number of benzene rings is 1. The van der Waals surface area contributed by atoms with Gasteiger partial charge in [-0.15, -0.1) is 0 Å². The molecular weight excluding hydrogens is 368 g/mol. The van der Waals surface area contributed by atoms with Gasteiger partial charge in [0, 0.05) is 6.20 Å². The van der Waals surface area contributed by atoms with Crippen LogP contribution in [0.25, 0.3) is 0 Å². The Hall–Kier alpha value is -2.45. The predicted octanol–water partition coefficient (Wildman–Crippen LogP) is 2.87. The number of ether oxygens (including phenoxy) is 2. The molecule has 1 unspecified atom stereocenters. The summed E-state index contributed by atoms with van der Waals surface area (Å²) < 4.78 is 23.5. The predicted molar refractivity (Wildman–Crippen MR) is 107 cm³/mol. The molecule has 1 atom stereocenters. The third-order valence-corrected chi connectivity index (χ3v) is 4.15. The van der Waals surface area contributed by atoms with Gasteiger partial charge in [0.1, 0.15) is 11.4 Å². The number of methoxy groups -OCH3 is 2. The average molecular weight is 397 g/mol. The molecule has 0 aliphatic carbocycles. The Bertz CT molecular complexity index is 754. The van der Waals surface area contributed by atoms with E-state index in [-0.39, 0.29) is 11.3 Å². The van der Waals surface area contributed by atoms with Crippen molar-refractivity contribution in [1.29, 1.82) is 0 Å². The Morgan fingerprint density at radius 2 is 1.74 bits per heavy atom. The van der Waals surface area contributed by atoms with Crippen LogP contribution in [0.15, 0.2) is 41.4 Å². The Morgan fingerprint density at radius 3 is 2.22 bits per heavy atom. The molecule has 0 aliphatic rings. The number of hydrogen-bond donors (Lipinski definition) is 0. The fourth-order valence-electron chi connectivity index (χ4n) is 1.80. The van der Waals surface area contributed by atoms with Gasteiger partial charge in [-0.25, -0.2) is 9.00 Å². The van der Waals surface area contributed by atoms with E-state index in [1.807, 2.05) is 39.9 Å². The van der Waals surface area contributed by atoms with Gasteiger partial charge in [-0.05, 0) is 51.5 Å². The second-order valence-electron chi connectivity index (χ2n) is 5.32. The summed E-state index contributed by atoms with van der Waals surface area (Å²) in [6.45, 7) is 4.00. The van der Waals surface area contributed by atoms with Crippen molar-refractivity contribution in [2.45, 2.75) is 18.7 Å². The molecule has 0 fully saturated rings. The fraction of sp³-hybridized carbons (Fsp3) is 0.368. The van der Waals surface area contributed by atoms with Gasteiger partial charge in [-0.2, -0.15) is 0 Å². The molecule has 8 heteroatoms. The summed E-state index contributed by atoms with van der Waals surface area (Å²) in [6, 6.07) is 7.69. The summed E-state index contributed by atoms with van der Waals surface area (Å²) in [4.78, 5) is 25.0. The second-order valence-corrected chi connectivity index (χ2v) is 6.69. The number of nitrogens with zero attached hydrogens (tertiary/aromatic N) is 2. The van der Waals surface area contributed by atoms with Crippen molar-refractivity contribution in [2.24, 2.45) is 0 Å². The molecule has 0 saturated carbocycles. The van der Waals surface area contributed by atoms with Gasteiger partial charge in [-0.3, -0.25) is 8.77 Å². The van der Waals surface area contributed by atoms with Crippen LogP contribution in [-0.4, -0.2) is 60.7 Å². The van der Waals surface area contributed by atoms with E-state index in [4.69, 9.17) is 4.74 Å². The lowest BCUT2D eigenvalue weighted by atomic mass is 10.2. The van der Waals surface area contributed by atoms with Crippen molar-refractivity contribution >= 4 is 23.2 Å². The van der Waals surface area contributed by atoms with Crippen molar-refractivity contribution < 1.29 is 23.3 Å². The average Bonchev–Trinajstić information content (AvgIpc) is 3.17. The van der Waals surface area contributed by atoms with Crippen LogP contribution in [-0.2, 0) is 15.7 Å². The van der Waals surface area contributed by atoms with Crippen molar-refractivity contribution in [2.75, 3.05) is 35.4 Å². The quantitative estimate of drug-likeness (QED) is 0.571. The molecule has 27 heavy (non-hydrogen) atoms. The van der Waals surface area contributed by atoms with Crippen LogP contribution in [0.4, 0.5) is 0 Å². The Balaban J connectivity index is 0.000000998. The molecule has 1 aromatic heterocycles. The lowest BCUT2D eigenvalue weighted by molar-refractivity contribution is 0.0593. The van der Waals surface area contributed by atoms with Gasteiger partial charge in [0.05, 0.1) is 24.7 Å². The zero-order chi connectivity index (χ0) is 21.0. The first-order chi connectivity index (χ1) is 12.8. The molecule has 0 N–H and O–H groups in total. The first kappa shape index (κ1) is 24.6. The van der Waals surface area contributed by atoms with Gasteiger partial charge in [0.15, 0.2) is 17.3 Å². The summed E-state index contributed by atoms with van der Waals surface area (Å²) in [5, 5.41) is 0. The normalized spacial score (nSPS) is 10.7. The van der Waals surface area contributed by atoms with Crippen molar-refractivity contribution in [3.8, 4) is 5.75 Å². The molecule has 0 amide bonds. The summed E-state index contributed by atoms with van der Waals surface area (Å²) in [5.41, 5.74) is 0.453. The first-order valence-electron chi connectivity index (χ1n) is 8.27. The maximum absolute atomic E-state index is 12.5. The van der Waals surface area contributed by atoms with Crippen molar-refractivity contribution in [1.82, 2.24) is 8.87 Å². The minimum atomic E-state index is -1.67. The molecule has 0 aliphatic heterocycles. The van der Waals surface area contributed by atoms with E-state index >= 15 is 0 Å². The lowest BCUT2D eigenvalue weighted by Crippen LogP contribution is -2.13. The number of aldehydes is 1. The molecule has 0 spiro atoms. The largest absolute Gasteiger partial charge is 0.496 e. The highest BCUT2D eigenvalue weighted by Gasteiger charge is 2.17. The van der Waals surface area contributed by atoms with Gasteiger partial charge < -0.3 is 14.4 Å². The molecule has 0 radical (unpaired) electrons. The zero-order valence-electron chi connectivity index (χ0n) is 16.9. The molecule has 2 rings (SSSR count). The van der Waals surface area contributed by atoms with Crippen molar-refractivity contribution in [3.05, 3.63) is 47.8 Å². The monoisotopic (exact) mass is 396 g/mol. The van der Waals surface area contributed by atoms with E-state index in [1.54, 1.807) is 18.2 Å². The van der Waals surface area contributed by atoms with Gasteiger partial charge in [0.25, 0.3) is 0 Å². The third kappa shape index (κ3) is 7.36. The lowest BCUT2D eigenvalue weighted by Gasteiger charge is -2.09.